The highest BCUT2D eigenvalue weighted by Gasteiger charge is 2.18. The quantitative estimate of drug-likeness (QED) is 0.831. The van der Waals surface area contributed by atoms with Crippen LogP contribution in [-0.2, 0) is 4.79 Å². The van der Waals surface area contributed by atoms with Gasteiger partial charge in [-0.3, -0.25) is 4.79 Å². The zero-order valence-corrected chi connectivity index (χ0v) is 11.9. The molecule has 1 atom stereocenters. The summed E-state index contributed by atoms with van der Waals surface area (Å²) in [6.07, 6.45) is 4.08. The van der Waals surface area contributed by atoms with Gasteiger partial charge in [-0.05, 0) is 31.2 Å². The number of amides is 1. The Hall–Kier alpha value is -1.39. The number of nitrogens with zero attached hydrogens (tertiary/aromatic N) is 1. The fourth-order valence-electron chi connectivity index (χ4n) is 2.67. The Kier molecular flexibility index (Phi) is 6.02. The minimum absolute atomic E-state index is 0.0370. The van der Waals surface area contributed by atoms with Gasteiger partial charge in [-0.2, -0.15) is 0 Å². The number of hydrogen-bond donors (Lipinski definition) is 2. The molecule has 1 heterocycles. The Balaban J connectivity index is 1.87. The van der Waals surface area contributed by atoms with Gasteiger partial charge in [-0.25, -0.2) is 0 Å². The molecule has 1 aromatic carbocycles. The van der Waals surface area contributed by atoms with Crippen molar-refractivity contribution in [3.05, 3.63) is 35.9 Å². The number of aliphatic hydroxyl groups is 1. The molecule has 0 aromatic heterocycles. The zero-order valence-electron chi connectivity index (χ0n) is 11.9. The van der Waals surface area contributed by atoms with Crippen LogP contribution in [0, 0.1) is 0 Å². The highest BCUT2D eigenvalue weighted by Crippen LogP contribution is 2.16. The monoisotopic (exact) mass is 276 g/mol. The van der Waals surface area contributed by atoms with E-state index in [1.807, 2.05) is 35.2 Å². The largest absolute Gasteiger partial charge is 0.396 e. The van der Waals surface area contributed by atoms with Gasteiger partial charge in [0, 0.05) is 25.7 Å². The number of piperidine rings is 1. The smallest absolute Gasteiger partial charge is 0.236 e. The van der Waals surface area contributed by atoms with Crippen molar-refractivity contribution in [1.82, 2.24) is 10.2 Å². The van der Waals surface area contributed by atoms with Gasteiger partial charge in [0.25, 0.3) is 0 Å². The van der Waals surface area contributed by atoms with Crippen molar-refractivity contribution in [2.45, 2.75) is 31.7 Å². The van der Waals surface area contributed by atoms with E-state index < -0.39 is 0 Å². The summed E-state index contributed by atoms with van der Waals surface area (Å²) in [4.78, 5) is 14.1. The van der Waals surface area contributed by atoms with Crippen molar-refractivity contribution in [3.8, 4) is 0 Å². The van der Waals surface area contributed by atoms with Crippen LogP contribution in [0.2, 0.25) is 0 Å². The molecule has 1 aliphatic heterocycles. The minimum Gasteiger partial charge on any atom is -0.396 e. The number of aliphatic hydroxyl groups excluding tert-OH is 1. The maximum Gasteiger partial charge on any atom is 0.236 e. The molecule has 4 heteroatoms. The third-order valence-electron chi connectivity index (χ3n) is 3.83. The fraction of sp³-hybridized carbons (Fsp3) is 0.562. The van der Waals surface area contributed by atoms with Crippen LogP contribution in [-0.4, -0.2) is 42.2 Å². The molecule has 1 saturated heterocycles. The first-order valence-corrected chi connectivity index (χ1v) is 7.48. The van der Waals surface area contributed by atoms with Crippen molar-refractivity contribution < 1.29 is 9.90 Å². The molecular weight excluding hydrogens is 252 g/mol. The third kappa shape index (κ3) is 4.32. The summed E-state index contributed by atoms with van der Waals surface area (Å²) in [6.45, 7) is 2.23. The average Bonchev–Trinajstić information content (AvgIpc) is 2.53. The lowest BCUT2D eigenvalue weighted by Crippen LogP contribution is -2.42. The van der Waals surface area contributed by atoms with E-state index in [2.05, 4.69) is 5.32 Å². The van der Waals surface area contributed by atoms with Gasteiger partial charge < -0.3 is 15.3 Å². The normalized spacial score (nSPS) is 16.9. The van der Waals surface area contributed by atoms with Gasteiger partial charge in [-0.15, -0.1) is 0 Å². The number of rotatable bonds is 6. The summed E-state index contributed by atoms with van der Waals surface area (Å²) in [6, 6.07) is 10.0. The van der Waals surface area contributed by atoms with E-state index in [1.54, 1.807) is 0 Å². The summed E-state index contributed by atoms with van der Waals surface area (Å²) in [5, 5.41) is 12.5. The number of carbonyl (C=O) groups is 1. The van der Waals surface area contributed by atoms with Crippen LogP contribution < -0.4 is 5.32 Å². The van der Waals surface area contributed by atoms with Crippen LogP contribution in [0.5, 0.6) is 0 Å². The van der Waals surface area contributed by atoms with Crippen LogP contribution in [0.1, 0.15) is 37.3 Å². The Morgan fingerprint density at radius 1 is 1.20 bits per heavy atom. The molecule has 0 aliphatic carbocycles. The number of hydrogen-bond acceptors (Lipinski definition) is 3. The Morgan fingerprint density at radius 3 is 2.55 bits per heavy atom. The summed E-state index contributed by atoms with van der Waals surface area (Å²) >= 11 is 0. The van der Waals surface area contributed by atoms with E-state index in [1.165, 1.54) is 6.42 Å². The molecule has 0 radical (unpaired) electrons. The van der Waals surface area contributed by atoms with Gasteiger partial charge in [0.15, 0.2) is 0 Å². The van der Waals surface area contributed by atoms with Gasteiger partial charge in [-0.1, -0.05) is 30.3 Å². The van der Waals surface area contributed by atoms with Gasteiger partial charge in [0.05, 0.1) is 6.54 Å². The fourth-order valence-corrected chi connectivity index (χ4v) is 2.67. The molecule has 2 N–H and O–H groups in total. The number of likely N-dealkylation sites (tertiary alicyclic amines) is 1. The third-order valence-corrected chi connectivity index (χ3v) is 3.83. The number of benzene rings is 1. The van der Waals surface area contributed by atoms with Crippen LogP contribution >= 0.6 is 0 Å². The SMILES string of the molecule is O=C(CNC(CCO)c1ccccc1)N1CCCCC1. The van der Waals surface area contributed by atoms with Crippen LogP contribution in [0.3, 0.4) is 0 Å². The molecule has 0 bridgehead atoms. The first kappa shape index (κ1) is 15.0. The molecule has 1 aromatic rings. The van der Waals surface area contributed by atoms with E-state index >= 15 is 0 Å². The lowest BCUT2D eigenvalue weighted by molar-refractivity contribution is -0.131. The molecule has 110 valence electrons. The Bertz CT molecular complexity index is 402. The molecule has 0 saturated carbocycles. The maximum absolute atomic E-state index is 12.1. The molecule has 1 unspecified atom stereocenters. The van der Waals surface area contributed by atoms with Gasteiger partial charge in [0.1, 0.15) is 0 Å². The van der Waals surface area contributed by atoms with Crippen molar-refractivity contribution >= 4 is 5.91 Å². The first-order valence-electron chi connectivity index (χ1n) is 7.48. The lowest BCUT2D eigenvalue weighted by atomic mass is 10.0. The molecule has 1 amide bonds. The number of carbonyl (C=O) groups excluding carboxylic acids is 1. The molecule has 0 spiro atoms. The summed E-state index contributed by atoms with van der Waals surface area (Å²) in [5.74, 6) is 0.170. The van der Waals surface area contributed by atoms with E-state index in [0.29, 0.717) is 13.0 Å². The molecule has 1 fully saturated rings. The maximum atomic E-state index is 12.1. The number of nitrogens with one attached hydrogen (secondary N) is 1. The van der Waals surface area contributed by atoms with E-state index in [9.17, 15) is 9.90 Å². The highest BCUT2D eigenvalue weighted by atomic mass is 16.3. The zero-order chi connectivity index (χ0) is 14.2. The molecular formula is C16H24N2O2. The molecule has 2 rings (SSSR count). The predicted molar refractivity (Wildman–Crippen MR) is 79.3 cm³/mol. The minimum atomic E-state index is 0.0370. The standard InChI is InChI=1S/C16H24N2O2/c19-12-9-15(14-7-3-1-4-8-14)17-13-16(20)18-10-5-2-6-11-18/h1,3-4,7-8,15,17,19H,2,5-6,9-13H2. The lowest BCUT2D eigenvalue weighted by Gasteiger charge is -2.28. The Labute approximate surface area is 120 Å². The second-order valence-electron chi connectivity index (χ2n) is 5.30. The molecule has 4 nitrogen and oxygen atoms in total. The second kappa shape index (κ2) is 8.02. The summed E-state index contributed by atoms with van der Waals surface area (Å²) in [7, 11) is 0. The van der Waals surface area contributed by atoms with E-state index in [4.69, 9.17) is 0 Å². The Morgan fingerprint density at radius 2 is 1.90 bits per heavy atom. The molecule has 20 heavy (non-hydrogen) atoms. The highest BCUT2D eigenvalue weighted by molar-refractivity contribution is 5.78. The van der Waals surface area contributed by atoms with Crippen molar-refractivity contribution in [2.75, 3.05) is 26.2 Å². The van der Waals surface area contributed by atoms with Crippen LogP contribution in [0.4, 0.5) is 0 Å². The van der Waals surface area contributed by atoms with Gasteiger partial charge in [0.2, 0.25) is 5.91 Å². The van der Waals surface area contributed by atoms with Crippen molar-refractivity contribution in [3.63, 3.8) is 0 Å². The summed E-state index contributed by atoms with van der Waals surface area (Å²) in [5.41, 5.74) is 1.12. The van der Waals surface area contributed by atoms with Crippen molar-refractivity contribution in [1.29, 1.82) is 0 Å². The summed E-state index contributed by atoms with van der Waals surface area (Å²) < 4.78 is 0. The van der Waals surface area contributed by atoms with Crippen molar-refractivity contribution in [2.24, 2.45) is 0 Å². The first-order chi connectivity index (χ1) is 9.81. The average molecular weight is 276 g/mol. The van der Waals surface area contributed by atoms with Crippen LogP contribution in [0.15, 0.2) is 30.3 Å². The van der Waals surface area contributed by atoms with Crippen LogP contribution in [0.25, 0.3) is 0 Å². The van der Waals surface area contributed by atoms with E-state index in [0.717, 1.165) is 31.5 Å². The van der Waals surface area contributed by atoms with Gasteiger partial charge >= 0.3 is 0 Å². The second-order valence-corrected chi connectivity index (χ2v) is 5.30. The van der Waals surface area contributed by atoms with E-state index in [-0.39, 0.29) is 18.6 Å². The molecule has 1 aliphatic rings. The topological polar surface area (TPSA) is 52.6 Å². The predicted octanol–water partition coefficient (Wildman–Crippen LogP) is 1.71.